The van der Waals surface area contributed by atoms with Gasteiger partial charge in [0.25, 0.3) is 5.79 Å². The Morgan fingerprint density at radius 2 is 1.91 bits per heavy atom. The summed E-state index contributed by atoms with van der Waals surface area (Å²) in [6.45, 7) is 2.71. The quantitative estimate of drug-likeness (QED) is 0.636. The number of ether oxygens (including phenoxy) is 1. The van der Waals surface area contributed by atoms with Gasteiger partial charge in [-0.05, 0) is 50.1 Å². The highest BCUT2D eigenvalue weighted by molar-refractivity contribution is 7.92. The minimum atomic E-state index is -3.95. The van der Waals surface area contributed by atoms with Crippen LogP contribution in [0.4, 0.5) is 4.39 Å². The van der Waals surface area contributed by atoms with Crippen LogP contribution in [-0.4, -0.2) is 42.4 Å². The molecule has 2 N–H and O–H groups in total. The van der Waals surface area contributed by atoms with Crippen LogP contribution in [0, 0.1) is 11.3 Å². The summed E-state index contributed by atoms with van der Waals surface area (Å²) in [5.41, 5.74) is 6.51. The summed E-state index contributed by atoms with van der Waals surface area (Å²) in [5, 5.41) is 9.13. The molecule has 170 valence electrons. The number of nitrogens with two attached hydrogens (primary N) is 1. The third-order valence-electron chi connectivity index (χ3n) is 5.81. The summed E-state index contributed by atoms with van der Waals surface area (Å²) < 4.78 is 45.2. The number of nitrogens with zero attached hydrogens (tertiary/aromatic N) is 2. The monoisotopic (exact) mass is 459 g/mol. The number of halogens is 1. The first kappa shape index (κ1) is 23.7. The molecular weight excluding hydrogens is 433 g/mol. The number of para-hydroxylation sites is 1. The van der Waals surface area contributed by atoms with Crippen LogP contribution in [0.1, 0.15) is 32.3 Å². The van der Waals surface area contributed by atoms with Crippen molar-refractivity contribution in [2.75, 3.05) is 6.54 Å². The maximum Gasteiger partial charge on any atom is 0.271 e. The van der Waals surface area contributed by atoms with Gasteiger partial charge in [-0.25, -0.2) is 12.8 Å². The summed E-state index contributed by atoms with van der Waals surface area (Å²) >= 11 is 0. The maximum absolute atomic E-state index is 14.7. The van der Waals surface area contributed by atoms with Crippen LogP contribution >= 0.6 is 0 Å². The molecule has 9 heteroatoms. The molecule has 1 saturated heterocycles. The second-order valence-corrected chi connectivity index (χ2v) is 10.9. The van der Waals surface area contributed by atoms with Crippen LogP contribution in [0.15, 0.2) is 54.6 Å². The van der Waals surface area contributed by atoms with Crippen molar-refractivity contribution in [3.8, 4) is 17.6 Å². The number of benzene rings is 2. The van der Waals surface area contributed by atoms with Gasteiger partial charge in [0.05, 0.1) is 10.5 Å². The van der Waals surface area contributed by atoms with E-state index in [-0.39, 0.29) is 18.7 Å². The highest BCUT2D eigenvalue weighted by atomic mass is 32.2. The lowest BCUT2D eigenvalue weighted by molar-refractivity contribution is -0.140. The molecule has 0 radical (unpaired) electrons. The van der Waals surface area contributed by atoms with Gasteiger partial charge in [-0.15, -0.1) is 0 Å². The second kappa shape index (κ2) is 8.88. The zero-order chi connectivity index (χ0) is 23.6. The minimum absolute atomic E-state index is 0.0194. The van der Waals surface area contributed by atoms with Gasteiger partial charge in [-0.2, -0.15) is 5.26 Å². The third-order valence-corrected chi connectivity index (χ3v) is 8.38. The SMILES string of the molecule is CC(C)([C@H](N)C(=O)N1CCC[C@]1(F)C#N)S(=O)(=O)Cc1cccc(Oc2ccccc2)c1. The number of hydrogen-bond donors (Lipinski definition) is 1. The molecule has 7 nitrogen and oxygen atoms in total. The minimum Gasteiger partial charge on any atom is -0.457 e. The van der Waals surface area contributed by atoms with Crippen molar-refractivity contribution in [2.45, 2.75) is 49.0 Å². The molecule has 0 aromatic heterocycles. The number of amides is 1. The van der Waals surface area contributed by atoms with Crippen molar-refractivity contribution in [3.63, 3.8) is 0 Å². The first-order valence-corrected chi connectivity index (χ1v) is 11.9. The second-order valence-electron chi connectivity index (χ2n) is 8.37. The largest absolute Gasteiger partial charge is 0.457 e. The van der Waals surface area contributed by atoms with Gasteiger partial charge < -0.3 is 10.5 Å². The van der Waals surface area contributed by atoms with E-state index in [9.17, 15) is 17.6 Å². The van der Waals surface area contributed by atoms with Gasteiger partial charge in [0.1, 0.15) is 23.6 Å². The molecule has 2 aromatic rings. The standard InChI is InChI=1S/C23H26FN3O4S/c1-22(2,20(26)21(28)27-13-7-12-23(27,24)16-25)32(29,30)15-17-8-6-11-19(14-17)31-18-9-4-3-5-10-18/h3-6,8-11,14,20H,7,12-13,15,26H2,1-2H3/t20-,23-/m1/s1. The van der Waals surface area contributed by atoms with E-state index in [0.29, 0.717) is 23.5 Å². The number of rotatable bonds is 7. The average molecular weight is 460 g/mol. The Hall–Kier alpha value is -2.96. The summed E-state index contributed by atoms with van der Waals surface area (Å²) in [6, 6.07) is 15.7. The molecule has 2 aromatic carbocycles. The van der Waals surface area contributed by atoms with Crippen molar-refractivity contribution in [2.24, 2.45) is 5.73 Å². The Balaban J connectivity index is 1.79. The van der Waals surface area contributed by atoms with Crippen molar-refractivity contribution in [3.05, 3.63) is 60.2 Å². The molecule has 0 spiro atoms. The molecule has 3 rings (SSSR count). The smallest absolute Gasteiger partial charge is 0.271 e. The number of carbonyl (C=O) groups excluding carboxylic acids is 1. The average Bonchev–Trinajstić information content (AvgIpc) is 3.15. The Labute approximate surface area is 187 Å². The topological polar surface area (TPSA) is 113 Å². The van der Waals surface area contributed by atoms with Crippen LogP contribution in [0.3, 0.4) is 0 Å². The fraction of sp³-hybridized carbons (Fsp3) is 0.391. The van der Waals surface area contributed by atoms with E-state index in [2.05, 4.69) is 0 Å². The first-order chi connectivity index (χ1) is 15.0. The van der Waals surface area contributed by atoms with Crippen LogP contribution in [0.2, 0.25) is 0 Å². The predicted octanol–water partition coefficient (Wildman–Crippen LogP) is 3.31. The van der Waals surface area contributed by atoms with E-state index >= 15 is 0 Å². The Morgan fingerprint density at radius 1 is 1.25 bits per heavy atom. The van der Waals surface area contributed by atoms with Gasteiger partial charge in [-0.1, -0.05) is 30.3 Å². The van der Waals surface area contributed by atoms with E-state index in [1.807, 2.05) is 18.2 Å². The fourth-order valence-corrected chi connectivity index (χ4v) is 5.05. The fourth-order valence-electron chi connectivity index (χ4n) is 3.57. The molecule has 0 saturated carbocycles. The zero-order valence-electron chi connectivity index (χ0n) is 18.0. The van der Waals surface area contributed by atoms with Gasteiger partial charge >= 0.3 is 0 Å². The number of carbonyl (C=O) groups is 1. The normalized spacial score (nSPS) is 19.9. The highest BCUT2D eigenvalue weighted by Gasteiger charge is 2.51. The lowest BCUT2D eigenvalue weighted by Crippen LogP contribution is -2.60. The van der Waals surface area contributed by atoms with Crippen molar-refractivity contribution < 1.29 is 22.3 Å². The van der Waals surface area contributed by atoms with E-state index in [1.165, 1.54) is 19.9 Å². The van der Waals surface area contributed by atoms with E-state index in [4.69, 9.17) is 15.7 Å². The molecule has 32 heavy (non-hydrogen) atoms. The summed E-state index contributed by atoms with van der Waals surface area (Å²) in [4.78, 5) is 13.6. The number of alkyl halides is 1. The van der Waals surface area contributed by atoms with Gasteiger partial charge in [-0.3, -0.25) is 9.69 Å². The van der Waals surface area contributed by atoms with Crippen LogP contribution in [-0.2, 0) is 20.4 Å². The first-order valence-electron chi connectivity index (χ1n) is 10.2. The highest BCUT2D eigenvalue weighted by Crippen LogP contribution is 2.33. The Bertz CT molecular complexity index is 1130. The Morgan fingerprint density at radius 3 is 2.56 bits per heavy atom. The Kier molecular flexibility index (Phi) is 6.58. The molecule has 1 aliphatic heterocycles. The zero-order valence-corrected chi connectivity index (χ0v) is 18.8. The van der Waals surface area contributed by atoms with E-state index < -0.39 is 32.3 Å². The van der Waals surface area contributed by atoms with Crippen molar-refractivity contribution in [1.29, 1.82) is 5.26 Å². The van der Waals surface area contributed by atoms with Gasteiger partial charge in [0.2, 0.25) is 5.91 Å². The number of hydrogen-bond acceptors (Lipinski definition) is 6. The van der Waals surface area contributed by atoms with E-state index in [1.54, 1.807) is 36.4 Å². The molecule has 1 aliphatic rings. The van der Waals surface area contributed by atoms with Crippen molar-refractivity contribution >= 4 is 15.7 Å². The molecular formula is C23H26FN3O4S. The molecule has 1 fully saturated rings. The molecule has 1 amide bonds. The molecule has 0 unspecified atom stereocenters. The molecule has 0 bridgehead atoms. The summed E-state index contributed by atoms with van der Waals surface area (Å²) in [5.74, 6) is -2.65. The lowest BCUT2D eigenvalue weighted by Gasteiger charge is -2.35. The van der Waals surface area contributed by atoms with Crippen LogP contribution < -0.4 is 10.5 Å². The summed E-state index contributed by atoms with van der Waals surface area (Å²) in [6.07, 6.45) is 0.188. The van der Waals surface area contributed by atoms with Crippen LogP contribution in [0.5, 0.6) is 11.5 Å². The van der Waals surface area contributed by atoms with Crippen LogP contribution in [0.25, 0.3) is 0 Å². The molecule has 0 aliphatic carbocycles. The van der Waals surface area contributed by atoms with E-state index in [0.717, 1.165) is 4.90 Å². The third kappa shape index (κ3) is 4.61. The lowest BCUT2D eigenvalue weighted by atomic mass is 10.0. The summed E-state index contributed by atoms with van der Waals surface area (Å²) in [7, 11) is -3.95. The number of nitriles is 1. The predicted molar refractivity (Wildman–Crippen MR) is 118 cm³/mol. The maximum atomic E-state index is 14.7. The van der Waals surface area contributed by atoms with Crippen molar-refractivity contribution in [1.82, 2.24) is 4.90 Å². The number of sulfone groups is 1. The van der Waals surface area contributed by atoms with Gasteiger partial charge in [0.15, 0.2) is 9.84 Å². The number of likely N-dealkylation sites (tertiary alicyclic amines) is 1. The molecule has 1 heterocycles. The molecule has 2 atom stereocenters. The van der Waals surface area contributed by atoms with Gasteiger partial charge in [0, 0.05) is 13.0 Å².